The Bertz CT molecular complexity index is 299. The third-order valence-electron chi connectivity index (χ3n) is 2.08. The van der Waals surface area contributed by atoms with Crippen molar-refractivity contribution in [3.05, 3.63) is 27.3 Å². The third-order valence-corrected chi connectivity index (χ3v) is 2.99. The van der Waals surface area contributed by atoms with Gasteiger partial charge in [0, 0.05) is 0 Å². The fraction of sp³-hybridized carbons (Fsp3) is 0.455. The van der Waals surface area contributed by atoms with Crippen molar-refractivity contribution in [1.29, 1.82) is 0 Å². The molecule has 1 N–H and O–H groups in total. The van der Waals surface area contributed by atoms with Gasteiger partial charge in [0.25, 0.3) is 0 Å². The molecule has 0 bridgehead atoms. The van der Waals surface area contributed by atoms with Gasteiger partial charge in [-0.2, -0.15) is 0 Å². The van der Waals surface area contributed by atoms with Crippen LogP contribution in [0.15, 0.2) is 18.2 Å². The monoisotopic (exact) mass is 305 g/mol. The summed E-state index contributed by atoms with van der Waals surface area (Å²) < 4.78 is 0.916. The summed E-state index contributed by atoms with van der Waals surface area (Å²) in [6, 6.07) is 5.90. The zero-order valence-corrected chi connectivity index (χ0v) is 10.8. The zero-order chi connectivity index (χ0) is 10.6. The van der Waals surface area contributed by atoms with E-state index >= 15 is 0 Å². The largest absolute Gasteiger partial charge is 0.507 e. The second-order valence-electron chi connectivity index (χ2n) is 3.69. The maximum absolute atomic E-state index is 9.49. The minimum Gasteiger partial charge on any atom is -0.507 e. The van der Waals surface area contributed by atoms with Gasteiger partial charge in [-0.15, -0.1) is 0 Å². The van der Waals surface area contributed by atoms with Crippen LogP contribution in [0.2, 0.25) is 0 Å². The maximum atomic E-state index is 9.49. The van der Waals surface area contributed by atoms with Gasteiger partial charge in [-0.05, 0) is 73.8 Å². The van der Waals surface area contributed by atoms with Crippen molar-refractivity contribution in [2.24, 2.45) is 0 Å². The summed E-state index contributed by atoms with van der Waals surface area (Å²) >= 11 is 2.13. The molecule has 0 amide bonds. The van der Waals surface area contributed by atoms with Gasteiger partial charge in [0.05, 0.1) is 3.57 Å². The van der Waals surface area contributed by atoms with E-state index in [9.17, 15) is 5.11 Å². The number of phenolic OH excluding ortho intramolecular Hbond substituents is 1. The number of hydrogen-bond donors (Lipinski definition) is 1. The molecule has 0 saturated heterocycles. The lowest BCUT2D eigenvalue weighted by Crippen LogP contribution is -2.13. The van der Waals surface area contributed by atoms with Crippen LogP contribution in [0.1, 0.15) is 12.0 Å². The van der Waals surface area contributed by atoms with E-state index in [0.29, 0.717) is 5.75 Å². The van der Waals surface area contributed by atoms with E-state index in [1.54, 1.807) is 0 Å². The first-order valence-corrected chi connectivity index (χ1v) is 5.79. The molecule has 0 aliphatic carbocycles. The first-order valence-electron chi connectivity index (χ1n) is 4.71. The predicted octanol–water partition coefficient (Wildman–Crippen LogP) is 2.49. The average Bonchev–Trinajstić information content (AvgIpc) is 2.10. The number of benzene rings is 1. The molecule has 0 aromatic heterocycles. The van der Waals surface area contributed by atoms with Gasteiger partial charge in [-0.1, -0.05) is 6.07 Å². The van der Waals surface area contributed by atoms with Crippen molar-refractivity contribution in [2.75, 3.05) is 20.6 Å². The number of rotatable bonds is 4. The molecule has 1 aromatic rings. The first-order chi connectivity index (χ1) is 6.59. The summed E-state index contributed by atoms with van der Waals surface area (Å²) in [7, 11) is 4.15. The predicted molar refractivity (Wildman–Crippen MR) is 67.7 cm³/mol. The topological polar surface area (TPSA) is 23.5 Å². The Morgan fingerprint density at radius 3 is 2.64 bits per heavy atom. The van der Waals surface area contributed by atoms with Crippen molar-refractivity contribution in [2.45, 2.75) is 12.8 Å². The van der Waals surface area contributed by atoms with E-state index in [1.165, 1.54) is 5.56 Å². The zero-order valence-electron chi connectivity index (χ0n) is 8.63. The quantitative estimate of drug-likeness (QED) is 0.864. The van der Waals surface area contributed by atoms with E-state index in [-0.39, 0.29) is 0 Å². The maximum Gasteiger partial charge on any atom is 0.129 e. The Hall–Kier alpha value is -0.290. The number of nitrogens with zero attached hydrogens (tertiary/aromatic N) is 1. The molecular formula is C11H16INO. The lowest BCUT2D eigenvalue weighted by Gasteiger charge is -2.09. The van der Waals surface area contributed by atoms with Crippen LogP contribution in [0.3, 0.4) is 0 Å². The van der Waals surface area contributed by atoms with Crippen LogP contribution in [-0.4, -0.2) is 30.6 Å². The SMILES string of the molecule is CN(C)CCCc1ccc(I)c(O)c1. The highest BCUT2D eigenvalue weighted by molar-refractivity contribution is 14.1. The van der Waals surface area contributed by atoms with Crippen LogP contribution in [0.5, 0.6) is 5.75 Å². The lowest BCUT2D eigenvalue weighted by molar-refractivity contribution is 0.400. The molecule has 78 valence electrons. The summed E-state index contributed by atoms with van der Waals surface area (Å²) in [6.45, 7) is 1.09. The fourth-order valence-corrected chi connectivity index (χ4v) is 1.65. The average molecular weight is 305 g/mol. The standard InChI is InChI=1S/C11H16INO/c1-13(2)7-3-4-9-5-6-10(12)11(14)8-9/h5-6,8,14H,3-4,7H2,1-2H3. The summed E-state index contributed by atoms with van der Waals surface area (Å²) in [5.41, 5.74) is 1.21. The minimum absolute atomic E-state index is 0.396. The van der Waals surface area contributed by atoms with Crippen molar-refractivity contribution in [1.82, 2.24) is 4.90 Å². The molecule has 0 spiro atoms. The molecular weight excluding hydrogens is 289 g/mol. The Morgan fingerprint density at radius 2 is 2.07 bits per heavy atom. The normalized spacial score (nSPS) is 10.9. The number of hydrogen-bond acceptors (Lipinski definition) is 2. The van der Waals surface area contributed by atoms with E-state index < -0.39 is 0 Å². The van der Waals surface area contributed by atoms with Crippen LogP contribution < -0.4 is 0 Å². The molecule has 0 unspecified atom stereocenters. The third kappa shape index (κ3) is 3.84. The van der Waals surface area contributed by atoms with Crippen LogP contribution >= 0.6 is 22.6 Å². The van der Waals surface area contributed by atoms with Crippen LogP contribution in [0, 0.1) is 3.57 Å². The fourth-order valence-electron chi connectivity index (χ4n) is 1.31. The molecule has 3 heteroatoms. The molecule has 14 heavy (non-hydrogen) atoms. The Labute approximate surface area is 99.1 Å². The summed E-state index contributed by atoms with van der Waals surface area (Å²) in [4.78, 5) is 2.17. The van der Waals surface area contributed by atoms with Crippen LogP contribution in [0.25, 0.3) is 0 Å². The molecule has 0 saturated carbocycles. The van der Waals surface area contributed by atoms with Gasteiger partial charge in [0.2, 0.25) is 0 Å². The van der Waals surface area contributed by atoms with E-state index in [2.05, 4.69) is 47.7 Å². The number of aryl methyl sites for hydroxylation is 1. The molecule has 2 nitrogen and oxygen atoms in total. The van der Waals surface area contributed by atoms with Gasteiger partial charge in [-0.25, -0.2) is 0 Å². The number of phenols is 1. The molecule has 0 radical (unpaired) electrons. The number of halogens is 1. The summed E-state index contributed by atoms with van der Waals surface area (Å²) in [5, 5.41) is 9.49. The van der Waals surface area contributed by atoms with Crippen molar-refractivity contribution in [3.63, 3.8) is 0 Å². The van der Waals surface area contributed by atoms with Crippen LogP contribution in [-0.2, 0) is 6.42 Å². The smallest absolute Gasteiger partial charge is 0.129 e. The van der Waals surface area contributed by atoms with Gasteiger partial charge in [0.1, 0.15) is 5.75 Å². The van der Waals surface area contributed by atoms with Crippen molar-refractivity contribution < 1.29 is 5.11 Å². The molecule has 1 aromatic carbocycles. The first kappa shape index (κ1) is 11.8. The molecule has 0 aliphatic heterocycles. The van der Waals surface area contributed by atoms with Crippen LogP contribution in [0.4, 0.5) is 0 Å². The molecule has 0 aliphatic rings. The van der Waals surface area contributed by atoms with Gasteiger partial charge < -0.3 is 10.0 Å². The Balaban J connectivity index is 2.47. The molecule has 0 atom stereocenters. The lowest BCUT2D eigenvalue weighted by atomic mass is 10.1. The second-order valence-corrected chi connectivity index (χ2v) is 4.85. The van der Waals surface area contributed by atoms with Gasteiger partial charge in [-0.3, -0.25) is 0 Å². The van der Waals surface area contributed by atoms with Gasteiger partial charge in [0.15, 0.2) is 0 Å². The highest BCUT2D eigenvalue weighted by Gasteiger charge is 1.99. The van der Waals surface area contributed by atoms with E-state index in [4.69, 9.17) is 0 Å². The summed E-state index contributed by atoms with van der Waals surface area (Å²) in [6.07, 6.45) is 2.16. The Kier molecular flexibility index (Phi) is 4.68. The van der Waals surface area contributed by atoms with E-state index in [0.717, 1.165) is 23.0 Å². The molecule has 0 fully saturated rings. The van der Waals surface area contributed by atoms with Crippen molar-refractivity contribution >= 4 is 22.6 Å². The summed E-state index contributed by atoms with van der Waals surface area (Å²) in [5.74, 6) is 0.396. The minimum atomic E-state index is 0.396. The molecule has 1 rings (SSSR count). The Morgan fingerprint density at radius 1 is 1.36 bits per heavy atom. The highest BCUT2D eigenvalue weighted by Crippen LogP contribution is 2.21. The van der Waals surface area contributed by atoms with E-state index in [1.807, 2.05) is 12.1 Å². The molecule has 0 heterocycles. The second kappa shape index (κ2) is 5.56. The van der Waals surface area contributed by atoms with Crippen molar-refractivity contribution in [3.8, 4) is 5.75 Å². The number of aromatic hydroxyl groups is 1. The highest BCUT2D eigenvalue weighted by atomic mass is 127. The van der Waals surface area contributed by atoms with Gasteiger partial charge >= 0.3 is 0 Å².